The van der Waals surface area contributed by atoms with Crippen LogP contribution in [0.5, 0.6) is 11.6 Å². The Morgan fingerprint density at radius 3 is 2.71 bits per heavy atom. The molecule has 0 saturated heterocycles. The fraction of sp³-hybridized carbons (Fsp3) is 0.0833. The van der Waals surface area contributed by atoms with Crippen molar-refractivity contribution >= 4 is 5.69 Å². The lowest BCUT2D eigenvalue weighted by atomic mass is 10.2. The lowest BCUT2D eigenvalue weighted by molar-refractivity contribution is -0.385. The highest BCUT2D eigenvalue weighted by atomic mass is 16.6. The highest BCUT2D eigenvalue weighted by Gasteiger charge is 2.10. The Labute approximate surface area is 97.8 Å². The quantitative estimate of drug-likeness (QED) is 0.600. The van der Waals surface area contributed by atoms with Crippen molar-refractivity contribution in [3.05, 3.63) is 58.3 Å². The van der Waals surface area contributed by atoms with E-state index in [2.05, 4.69) is 4.98 Å². The number of aromatic nitrogens is 1. The van der Waals surface area contributed by atoms with Gasteiger partial charge < -0.3 is 4.74 Å². The van der Waals surface area contributed by atoms with Gasteiger partial charge in [-0.15, -0.1) is 0 Å². The van der Waals surface area contributed by atoms with E-state index in [-0.39, 0.29) is 5.69 Å². The molecule has 0 radical (unpaired) electrons. The molecule has 0 aliphatic rings. The molecule has 0 atom stereocenters. The van der Waals surface area contributed by atoms with E-state index in [0.29, 0.717) is 17.2 Å². The Morgan fingerprint density at radius 2 is 2.12 bits per heavy atom. The Kier molecular flexibility index (Phi) is 3.00. The third kappa shape index (κ3) is 2.57. The van der Waals surface area contributed by atoms with Gasteiger partial charge in [0.1, 0.15) is 5.75 Å². The first-order chi connectivity index (χ1) is 8.16. The zero-order valence-corrected chi connectivity index (χ0v) is 9.16. The summed E-state index contributed by atoms with van der Waals surface area (Å²) in [6, 6.07) is 9.91. The van der Waals surface area contributed by atoms with Crippen LogP contribution in [0.2, 0.25) is 0 Å². The minimum Gasteiger partial charge on any atom is -0.439 e. The molecule has 0 saturated carbocycles. The van der Waals surface area contributed by atoms with Crippen molar-refractivity contribution < 1.29 is 9.66 Å². The predicted molar refractivity (Wildman–Crippen MR) is 62.1 cm³/mol. The van der Waals surface area contributed by atoms with Crippen LogP contribution in [-0.4, -0.2) is 9.91 Å². The summed E-state index contributed by atoms with van der Waals surface area (Å²) in [6.45, 7) is 1.67. The van der Waals surface area contributed by atoms with E-state index in [1.807, 2.05) is 0 Å². The Hall–Kier alpha value is -2.43. The van der Waals surface area contributed by atoms with Gasteiger partial charge in [0, 0.05) is 23.9 Å². The van der Waals surface area contributed by atoms with E-state index in [4.69, 9.17) is 4.74 Å². The number of nitro groups is 1. The SMILES string of the molecule is Cc1cc(Oc2ccccn2)ccc1[N+](=O)[O-]. The smallest absolute Gasteiger partial charge is 0.272 e. The van der Waals surface area contributed by atoms with Crippen molar-refractivity contribution in [1.82, 2.24) is 4.98 Å². The van der Waals surface area contributed by atoms with E-state index in [1.54, 1.807) is 43.5 Å². The van der Waals surface area contributed by atoms with Gasteiger partial charge in [-0.2, -0.15) is 0 Å². The minimum absolute atomic E-state index is 0.0818. The maximum absolute atomic E-state index is 10.6. The molecule has 17 heavy (non-hydrogen) atoms. The second-order valence-electron chi connectivity index (χ2n) is 3.48. The highest BCUT2D eigenvalue weighted by molar-refractivity contribution is 5.45. The molecule has 1 aromatic carbocycles. The van der Waals surface area contributed by atoms with Crippen LogP contribution in [0.15, 0.2) is 42.6 Å². The van der Waals surface area contributed by atoms with Gasteiger partial charge >= 0.3 is 0 Å². The van der Waals surface area contributed by atoms with Crippen molar-refractivity contribution in [2.45, 2.75) is 6.92 Å². The molecule has 0 fully saturated rings. The largest absolute Gasteiger partial charge is 0.439 e. The van der Waals surface area contributed by atoms with Gasteiger partial charge in [-0.05, 0) is 25.1 Å². The number of hydrogen-bond donors (Lipinski definition) is 0. The zero-order valence-electron chi connectivity index (χ0n) is 9.16. The van der Waals surface area contributed by atoms with Crippen LogP contribution in [0, 0.1) is 17.0 Å². The molecule has 1 aromatic heterocycles. The molecule has 0 aliphatic heterocycles. The fourth-order valence-corrected chi connectivity index (χ4v) is 1.42. The van der Waals surface area contributed by atoms with E-state index >= 15 is 0 Å². The standard InChI is InChI=1S/C12H10N2O3/c1-9-8-10(5-6-11(9)14(15)16)17-12-4-2-3-7-13-12/h2-8H,1H3. The fourth-order valence-electron chi connectivity index (χ4n) is 1.42. The normalized spacial score (nSPS) is 9.94. The zero-order chi connectivity index (χ0) is 12.3. The molecule has 5 nitrogen and oxygen atoms in total. The van der Waals surface area contributed by atoms with E-state index in [9.17, 15) is 10.1 Å². The van der Waals surface area contributed by atoms with Gasteiger partial charge in [0.15, 0.2) is 0 Å². The van der Waals surface area contributed by atoms with Crippen molar-refractivity contribution in [1.29, 1.82) is 0 Å². The summed E-state index contributed by atoms with van der Waals surface area (Å²) in [5, 5.41) is 10.6. The summed E-state index contributed by atoms with van der Waals surface area (Å²) in [4.78, 5) is 14.2. The molecule has 5 heteroatoms. The third-order valence-electron chi connectivity index (χ3n) is 2.23. The van der Waals surface area contributed by atoms with Crippen LogP contribution >= 0.6 is 0 Å². The molecule has 86 valence electrons. The van der Waals surface area contributed by atoms with Crippen LogP contribution in [0.4, 0.5) is 5.69 Å². The summed E-state index contributed by atoms with van der Waals surface area (Å²) in [6.07, 6.45) is 1.62. The van der Waals surface area contributed by atoms with Crippen molar-refractivity contribution in [3.63, 3.8) is 0 Å². The average molecular weight is 230 g/mol. The number of nitro benzene ring substituents is 1. The van der Waals surface area contributed by atoms with Gasteiger partial charge in [-0.25, -0.2) is 4.98 Å². The summed E-state index contributed by atoms with van der Waals surface area (Å²) in [7, 11) is 0. The van der Waals surface area contributed by atoms with Crippen molar-refractivity contribution in [2.24, 2.45) is 0 Å². The summed E-state index contributed by atoms with van der Waals surface area (Å²) in [5.41, 5.74) is 0.641. The molecule has 0 spiro atoms. The van der Waals surface area contributed by atoms with Gasteiger partial charge in [-0.3, -0.25) is 10.1 Å². The topological polar surface area (TPSA) is 65.3 Å². The summed E-state index contributed by atoms with van der Waals surface area (Å²) in [5.74, 6) is 0.993. The number of rotatable bonds is 3. The van der Waals surface area contributed by atoms with Crippen molar-refractivity contribution in [2.75, 3.05) is 0 Å². The highest BCUT2D eigenvalue weighted by Crippen LogP contribution is 2.25. The Morgan fingerprint density at radius 1 is 1.29 bits per heavy atom. The maximum Gasteiger partial charge on any atom is 0.272 e. The number of pyridine rings is 1. The summed E-state index contributed by atoms with van der Waals surface area (Å²) < 4.78 is 5.46. The molecule has 1 heterocycles. The van der Waals surface area contributed by atoms with Gasteiger partial charge in [0.2, 0.25) is 5.88 Å². The molecule has 0 N–H and O–H groups in total. The summed E-state index contributed by atoms with van der Waals surface area (Å²) >= 11 is 0. The van der Waals surface area contributed by atoms with E-state index in [0.717, 1.165) is 0 Å². The second-order valence-corrected chi connectivity index (χ2v) is 3.48. The van der Waals surface area contributed by atoms with E-state index in [1.165, 1.54) is 6.07 Å². The Balaban J connectivity index is 2.24. The third-order valence-corrected chi connectivity index (χ3v) is 2.23. The van der Waals surface area contributed by atoms with Crippen LogP contribution in [0.1, 0.15) is 5.56 Å². The minimum atomic E-state index is -0.417. The molecule has 0 unspecified atom stereocenters. The van der Waals surface area contributed by atoms with Crippen LogP contribution < -0.4 is 4.74 Å². The lowest BCUT2D eigenvalue weighted by Crippen LogP contribution is -1.93. The number of benzene rings is 1. The molecule has 0 bridgehead atoms. The first kappa shape index (κ1) is 11.1. The number of nitrogens with zero attached hydrogens (tertiary/aromatic N) is 2. The first-order valence-electron chi connectivity index (χ1n) is 5.01. The maximum atomic E-state index is 10.6. The molecule has 0 aliphatic carbocycles. The monoisotopic (exact) mass is 230 g/mol. The number of ether oxygens (including phenoxy) is 1. The van der Waals surface area contributed by atoms with Gasteiger partial charge in [0.05, 0.1) is 4.92 Å². The number of hydrogen-bond acceptors (Lipinski definition) is 4. The lowest BCUT2D eigenvalue weighted by Gasteiger charge is -2.05. The van der Waals surface area contributed by atoms with Crippen LogP contribution in [0.25, 0.3) is 0 Å². The van der Waals surface area contributed by atoms with Gasteiger partial charge in [-0.1, -0.05) is 6.07 Å². The molecule has 2 aromatic rings. The van der Waals surface area contributed by atoms with Crippen LogP contribution in [0.3, 0.4) is 0 Å². The molecular weight excluding hydrogens is 220 g/mol. The Bertz CT molecular complexity index is 541. The van der Waals surface area contributed by atoms with E-state index < -0.39 is 4.92 Å². The first-order valence-corrected chi connectivity index (χ1v) is 5.01. The molecule has 2 rings (SSSR count). The predicted octanol–water partition coefficient (Wildman–Crippen LogP) is 3.09. The number of aryl methyl sites for hydroxylation is 1. The van der Waals surface area contributed by atoms with Crippen molar-refractivity contribution in [3.8, 4) is 11.6 Å². The molecular formula is C12H10N2O3. The van der Waals surface area contributed by atoms with Crippen LogP contribution in [-0.2, 0) is 0 Å². The second kappa shape index (κ2) is 4.61. The molecule has 0 amide bonds. The van der Waals surface area contributed by atoms with Gasteiger partial charge in [0.25, 0.3) is 5.69 Å². The average Bonchev–Trinajstić information content (AvgIpc) is 2.30.